The molecule has 0 amide bonds. The fraction of sp³-hybridized carbons (Fsp3) is 0.105. The number of nitrogens with two attached hydrogens (primary N) is 1. The van der Waals surface area contributed by atoms with Crippen molar-refractivity contribution >= 4 is 24.5 Å². The lowest BCUT2D eigenvalue weighted by Gasteiger charge is -2.09. The number of rotatable bonds is 8. The van der Waals surface area contributed by atoms with Gasteiger partial charge in [-0.1, -0.05) is 0 Å². The molecule has 134 valence electrons. The molecular weight excluding hydrogens is 348 g/mol. The Morgan fingerprint density at radius 3 is 2.15 bits per heavy atom. The maximum atomic E-state index is 7.04. The number of nitrogens with zero attached hydrogens (tertiary/aromatic N) is 1. The highest BCUT2D eigenvalue weighted by atomic mass is 32.1. The first-order valence-corrected chi connectivity index (χ1v) is 8.21. The second-order valence-electron chi connectivity index (χ2n) is 5.32. The van der Waals surface area contributed by atoms with Crippen molar-refractivity contribution in [1.29, 1.82) is 10.9 Å². The van der Waals surface area contributed by atoms with Gasteiger partial charge in [0, 0.05) is 16.8 Å². The molecule has 0 aliphatic heterocycles. The number of hydrogen-bond donors (Lipinski definition) is 4. The van der Waals surface area contributed by atoms with Crippen LogP contribution >= 0.6 is 12.6 Å². The highest BCUT2D eigenvalue weighted by molar-refractivity contribution is 7.84. The molecule has 0 heterocycles. The molecular formula is C19H20N4O2S. The van der Waals surface area contributed by atoms with Gasteiger partial charge in [0.15, 0.2) is 0 Å². The summed E-state index contributed by atoms with van der Waals surface area (Å²) >= 11 is 4.25. The normalized spacial score (nSPS) is 12.2. The number of benzene rings is 2. The number of thiol groups is 1. The first-order valence-electron chi connectivity index (χ1n) is 7.77. The van der Waals surface area contributed by atoms with E-state index in [4.69, 9.17) is 26.1 Å². The molecule has 0 spiro atoms. The standard InChI is InChI=1S/C19H20N4O2S/c1-13(23-22)19(26)12-24-15-6-8-17(9-7-15)25-16-4-2-14(3-5-16)18(21)10-11-20/h2-11,20,22,26H,12,21H2,1H3/b18-10-,19-13-,20-11?,23-22?. The minimum absolute atomic E-state index is 0.254. The summed E-state index contributed by atoms with van der Waals surface area (Å²) in [6.45, 7) is 1.96. The summed E-state index contributed by atoms with van der Waals surface area (Å²) in [6, 6.07) is 14.5. The van der Waals surface area contributed by atoms with Crippen LogP contribution in [0.2, 0.25) is 0 Å². The number of ether oxygens (including phenoxy) is 2. The molecule has 0 radical (unpaired) electrons. The molecule has 2 aromatic carbocycles. The molecule has 4 N–H and O–H groups in total. The molecule has 2 aromatic rings. The van der Waals surface area contributed by atoms with E-state index < -0.39 is 0 Å². The lowest BCUT2D eigenvalue weighted by atomic mass is 10.1. The van der Waals surface area contributed by atoms with E-state index in [-0.39, 0.29) is 6.61 Å². The fourth-order valence-corrected chi connectivity index (χ4v) is 2.08. The van der Waals surface area contributed by atoms with Crippen molar-refractivity contribution in [1.82, 2.24) is 0 Å². The van der Waals surface area contributed by atoms with E-state index in [0.717, 1.165) is 11.8 Å². The van der Waals surface area contributed by atoms with Gasteiger partial charge in [0.2, 0.25) is 0 Å². The molecule has 6 nitrogen and oxygen atoms in total. The predicted molar refractivity (Wildman–Crippen MR) is 106 cm³/mol. The van der Waals surface area contributed by atoms with E-state index >= 15 is 0 Å². The summed E-state index contributed by atoms with van der Waals surface area (Å²) in [6.07, 6.45) is 2.68. The zero-order valence-corrected chi connectivity index (χ0v) is 15.2. The van der Waals surface area contributed by atoms with Crippen molar-refractivity contribution in [2.75, 3.05) is 6.61 Å². The minimum Gasteiger partial charge on any atom is -0.488 e. The van der Waals surface area contributed by atoms with E-state index in [1.807, 2.05) is 24.3 Å². The van der Waals surface area contributed by atoms with Gasteiger partial charge in [-0.15, -0.1) is 12.6 Å². The molecule has 2 rings (SSSR count). The lowest BCUT2D eigenvalue weighted by Crippen LogP contribution is -1.98. The summed E-state index contributed by atoms with van der Waals surface area (Å²) in [4.78, 5) is 0.608. The summed E-state index contributed by atoms with van der Waals surface area (Å²) in [7, 11) is 0. The maximum absolute atomic E-state index is 7.04. The Kier molecular flexibility index (Phi) is 6.99. The van der Waals surface area contributed by atoms with Crippen LogP contribution in [-0.4, -0.2) is 12.8 Å². The van der Waals surface area contributed by atoms with E-state index in [1.54, 1.807) is 31.2 Å². The van der Waals surface area contributed by atoms with Crippen LogP contribution in [0.4, 0.5) is 0 Å². The summed E-state index contributed by atoms with van der Waals surface area (Å²) in [5.74, 6) is 2.02. The van der Waals surface area contributed by atoms with Gasteiger partial charge < -0.3 is 20.6 Å². The Morgan fingerprint density at radius 1 is 1.08 bits per heavy atom. The maximum Gasteiger partial charge on any atom is 0.127 e. The smallest absolute Gasteiger partial charge is 0.127 e. The van der Waals surface area contributed by atoms with Crippen LogP contribution in [0.3, 0.4) is 0 Å². The monoisotopic (exact) mass is 368 g/mol. The van der Waals surface area contributed by atoms with Crippen molar-refractivity contribution in [3.8, 4) is 17.2 Å². The van der Waals surface area contributed by atoms with Gasteiger partial charge in [0.05, 0.1) is 5.70 Å². The van der Waals surface area contributed by atoms with Crippen LogP contribution in [0, 0.1) is 10.9 Å². The van der Waals surface area contributed by atoms with Crippen LogP contribution in [0.5, 0.6) is 17.2 Å². The summed E-state index contributed by atoms with van der Waals surface area (Å²) < 4.78 is 11.4. The van der Waals surface area contributed by atoms with Gasteiger partial charge in [0.25, 0.3) is 0 Å². The van der Waals surface area contributed by atoms with Crippen LogP contribution < -0.4 is 15.2 Å². The Bertz CT molecular complexity index is 828. The van der Waals surface area contributed by atoms with Crippen molar-refractivity contribution in [3.05, 3.63) is 70.8 Å². The Labute approximate surface area is 157 Å². The summed E-state index contributed by atoms with van der Waals surface area (Å²) in [5.41, 5.74) is 14.6. The molecule has 0 unspecified atom stereocenters. The van der Waals surface area contributed by atoms with Gasteiger partial charge in [-0.05, 0) is 67.1 Å². The van der Waals surface area contributed by atoms with Crippen molar-refractivity contribution in [3.63, 3.8) is 0 Å². The van der Waals surface area contributed by atoms with Gasteiger partial charge in [-0.25, -0.2) is 5.53 Å². The number of hydrogen-bond acceptors (Lipinski definition) is 7. The topological polar surface area (TPSA) is 105 Å². The minimum atomic E-state index is 0.254. The molecule has 0 atom stereocenters. The third-order valence-electron chi connectivity index (χ3n) is 3.47. The largest absolute Gasteiger partial charge is 0.488 e. The van der Waals surface area contributed by atoms with E-state index in [1.165, 1.54) is 6.08 Å². The first kappa shape index (κ1) is 19.3. The average molecular weight is 368 g/mol. The molecule has 0 aromatic heterocycles. The molecule has 7 heteroatoms. The van der Waals surface area contributed by atoms with E-state index in [0.29, 0.717) is 33.5 Å². The first-order chi connectivity index (χ1) is 12.5. The van der Waals surface area contributed by atoms with E-state index in [9.17, 15) is 0 Å². The summed E-state index contributed by atoms with van der Waals surface area (Å²) in [5, 5.41) is 10.4. The van der Waals surface area contributed by atoms with Crippen LogP contribution in [-0.2, 0) is 0 Å². The predicted octanol–water partition coefficient (Wildman–Crippen LogP) is 5.00. The molecule has 0 aliphatic carbocycles. The molecule has 0 saturated heterocycles. The fourth-order valence-electron chi connectivity index (χ4n) is 1.96. The lowest BCUT2D eigenvalue weighted by molar-refractivity contribution is 0.358. The molecule has 0 saturated carbocycles. The highest BCUT2D eigenvalue weighted by Gasteiger charge is 2.02. The van der Waals surface area contributed by atoms with Crippen molar-refractivity contribution in [2.24, 2.45) is 10.8 Å². The zero-order chi connectivity index (χ0) is 18.9. The Balaban J connectivity index is 1.98. The zero-order valence-electron chi connectivity index (χ0n) is 14.3. The van der Waals surface area contributed by atoms with Gasteiger partial charge >= 0.3 is 0 Å². The van der Waals surface area contributed by atoms with Gasteiger partial charge in [0.1, 0.15) is 23.9 Å². The van der Waals surface area contributed by atoms with Crippen LogP contribution in [0.15, 0.2) is 70.3 Å². The number of nitrogens with one attached hydrogen (secondary N) is 2. The molecule has 0 aliphatic rings. The van der Waals surface area contributed by atoms with Crippen LogP contribution in [0.1, 0.15) is 12.5 Å². The second kappa shape index (κ2) is 9.43. The van der Waals surface area contributed by atoms with Crippen molar-refractivity contribution in [2.45, 2.75) is 6.92 Å². The molecule has 26 heavy (non-hydrogen) atoms. The molecule has 0 fully saturated rings. The third kappa shape index (κ3) is 5.49. The Hall–Kier alpha value is -3.06. The second-order valence-corrected chi connectivity index (χ2v) is 5.86. The van der Waals surface area contributed by atoms with Crippen molar-refractivity contribution < 1.29 is 9.47 Å². The highest BCUT2D eigenvalue weighted by Crippen LogP contribution is 2.25. The van der Waals surface area contributed by atoms with E-state index in [2.05, 4.69) is 17.7 Å². The Morgan fingerprint density at radius 2 is 1.62 bits per heavy atom. The average Bonchev–Trinajstić information content (AvgIpc) is 2.67. The third-order valence-corrected chi connectivity index (χ3v) is 3.92. The van der Waals surface area contributed by atoms with Gasteiger partial charge in [-0.2, -0.15) is 5.11 Å². The quantitative estimate of drug-likeness (QED) is 0.299. The molecule has 0 bridgehead atoms. The van der Waals surface area contributed by atoms with Gasteiger partial charge in [-0.3, -0.25) is 0 Å². The van der Waals surface area contributed by atoms with Crippen LogP contribution in [0.25, 0.3) is 5.70 Å². The SMILES string of the molecule is C/C(N=N)=C(/S)COc1ccc(Oc2ccc(/C(N)=C/C=N)cc2)cc1. The number of allylic oxidation sites excluding steroid dienone is 2.